The van der Waals surface area contributed by atoms with Crippen molar-refractivity contribution in [3.8, 4) is 0 Å². The van der Waals surface area contributed by atoms with Gasteiger partial charge in [-0.3, -0.25) is 18.7 Å². The summed E-state index contributed by atoms with van der Waals surface area (Å²) in [5.74, 6) is -1.06. The summed E-state index contributed by atoms with van der Waals surface area (Å²) in [7, 11) is 2.87. The molecule has 0 radical (unpaired) electrons. The molecule has 2 aromatic heterocycles. The number of nitrogens with one attached hydrogen (secondary N) is 2. The monoisotopic (exact) mass is 397 g/mol. The molecule has 150 valence electrons. The Morgan fingerprint density at radius 3 is 2.76 bits per heavy atom. The number of carbonyl (C=O) groups is 1. The Kier molecular flexibility index (Phi) is 4.54. The van der Waals surface area contributed by atoms with Gasteiger partial charge >= 0.3 is 5.69 Å². The van der Waals surface area contributed by atoms with Gasteiger partial charge in [0.05, 0.1) is 11.1 Å². The summed E-state index contributed by atoms with van der Waals surface area (Å²) in [6, 6.07) is 4.77. The maximum atomic E-state index is 14.8. The maximum Gasteiger partial charge on any atom is 0.332 e. The quantitative estimate of drug-likeness (QED) is 0.672. The third-order valence-electron chi connectivity index (χ3n) is 5.30. The van der Waals surface area contributed by atoms with Gasteiger partial charge in [0.25, 0.3) is 11.5 Å². The number of fused-ring (bicyclic) bond motifs is 2. The number of benzene rings is 1. The number of pyridine rings is 1. The van der Waals surface area contributed by atoms with E-state index in [-0.39, 0.29) is 22.4 Å². The Labute approximate surface area is 165 Å². The van der Waals surface area contributed by atoms with Crippen LogP contribution < -0.4 is 21.9 Å². The van der Waals surface area contributed by atoms with E-state index in [9.17, 15) is 18.8 Å². The normalized spacial score (nSPS) is 13.4. The second kappa shape index (κ2) is 6.93. The fraction of sp³-hybridized carbons (Fsp3) is 0.300. The molecule has 2 N–H and O–H groups in total. The maximum absolute atomic E-state index is 14.8. The molecule has 29 heavy (non-hydrogen) atoms. The zero-order valence-corrected chi connectivity index (χ0v) is 16.3. The molecule has 0 fully saturated rings. The number of anilines is 1. The standard InChI is InChI=1S/C20H20FN5O3/c1-10-8-14(23-17-15(10)19(28)26(3)20(29)25(17)2)18(27)24-13-5-4-11-9-22-7-6-12(11)16(13)21/h4-5,8,22H,6-7,9H2,1-3H3,(H,24,27). The van der Waals surface area contributed by atoms with Crippen molar-refractivity contribution in [3.63, 3.8) is 0 Å². The molecule has 4 rings (SSSR count). The first-order chi connectivity index (χ1) is 13.8. The molecule has 1 aromatic carbocycles. The van der Waals surface area contributed by atoms with Crippen LogP contribution in [-0.4, -0.2) is 26.6 Å². The minimum atomic E-state index is -0.615. The van der Waals surface area contributed by atoms with Gasteiger partial charge in [-0.05, 0) is 48.7 Å². The van der Waals surface area contributed by atoms with Gasteiger partial charge in [-0.2, -0.15) is 0 Å². The largest absolute Gasteiger partial charge is 0.332 e. The Morgan fingerprint density at radius 2 is 2.00 bits per heavy atom. The molecule has 0 unspecified atom stereocenters. The van der Waals surface area contributed by atoms with Crippen LogP contribution in [0.3, 0.4) is 0 Å². The van der Waals surface area contributed by atoms with Crippen molar-refractivity contribution in [1.82, 2.24) is 19.4 Å². The summed E-state index contributed by atoms with van der Waals surface area (Å²) in [6.07, 6.45) is 0.545. The number of nitrogens with zero attached hydrogens (tertiary/aromatic N) is 3. The molecular formula is C20H20FN5O3. The smallest absolute Gasteiger partial charge is 0.318 e. The summed E-state index contributed by atoms with van der Waals surface area (Å²) in [5.41, 5.74) is 1.14. The zero-order chi connectivity index (χ0) is 20.9. The summed E-state index contributed by atoms with van der Waals surface area (Å²) in [6.45, 7) is 2.93. The number of carbonyl (C=O) groups excluding carboxylic acids is 1. The van der Waals surface area contributed by atoms with E-state index >= 15 is 0 Å². The van der Waals surface area contributed by atoms with Gasteiger partial charge in [0.1, 0.15) is 17.2 Å². The predicted octanol–water partition coefficient (Wildman–Crippen LogP) is 0.978. The van der Waals surface area contributed by atoms with E-state index in [0.717, 1.165) is 10.1 Å². The summed E-state index contributed by atoms with van der Waals surface area (Å²) in [5, 5.41) is 6.00. The Hall–Kier alpha value is -3.33. The van der Waals surface area contributed by atoms with Gasteiger partial charge < -0.3 is 10.6 Å². The minimum absolute atomic E-state index is 0.00274. The van der Waals surface area contributed by atoms with E-state index in [1.165, 1.54) is 30.8 Å². The molecule has 0 saturated heterocycles. The highest BCUT2D eigenvalue weighted by Crippen LogP contribution is 2.25. The van der Waals surface area contributed by atoms with Gasteiger partial charge in [-0.1, -0.05) is 6.07 Å². The molecule has 1 aliphatic heterocycles. The number of hydrogen-bond donors (Lipinski definition) is 2. The van der Waals surface area contributed by atoms with Crippen LogP contribution in [0.25, 0.3) is 11.0 Å². The fourth-order valence-electron chi connectivity index (χ4n) is 3.67. The highest BCUT2D eigenvalue weighted by atomic mass is 19.1. The molecule has 0 bridgehead atoms. The molecule has 1 aliphatic rings. The van der Waals surface area contributed by atoms with Crippen LogP contribution in [0.2, 0.25) is 0 Å². The van der Waals surface area contributed by atoms with Crippen LogP contribution in [0, 0.1) is 12.7 Å². The SMILES string of the molecule is Cc1cc(C(=O)Nc2ccc3c(c2F)CCNC3)nc2c1c(=O)n(C)c(=O)n2C. The van der Waals surface area contributed by atoms with E-state index < -0.39 is 23.0 Å². The van der Waals surface area contributed by atoms with Crippen molar-refractivity contribution < 1.29 is 9.18 Å². The predicted molar refractivity (Wildman–Crippen MR) is 107 cm³/mol. The molecule has 3 heterocycles. The van der Waals surface area contributed by atoms with Crippen molar-refractivity contribution in [1.29, 1.82) is 0 Å². The number of rotatable bonds is 2. The zero-order valence-electron chi connectivity index (χ0n) is 16.3. The first kappa shape index (κ1) is 19.0. The fourth-order valence-corrected chi connectivity index (χ4v) is 3.67. The van der Waals surface area contributed by atoms with Crippen molar-refractivity contribution in [2.45, 2.75) is 19.9 Å². The first-order valence-corrected chi connectivity index (χ1v) is 9.19. The van der Waals surface area contributed by atoms with E-state index in [2.05, 4.69) is 15.6 Å². The van der Waals surface area contributed by atoms with Crippen molar-refractivity contribution in [2.75, 3.05) is 11.9 Å². The lowest BCUT2D eigenvalue weighted by molar-refractivity contribution is 0.102. The summed E-state index contributed by atoms with van der Waals surface area (Å²) in [4.78, 5) is 41.6. The van der Waals surface area contributed by atoms with Gasteiger partial charge in [0, 0.05) is 20.6 Å². The van der Waals surface area contributed by atoms with Crippen LogP contribution >= 0.6 is 0 Å². The molecule has 0 atom stereocenters. The molecule has 8 nitrogen and oxygen atoms in total. The molecule has 0 spiro atoms. The highest BCUT2D eigenvalue weighted by molar-refractivity contribution is 6.04. The van der Waals surface area contributed by atoms with E-state index in [1.54, 1.807) is 13.0 Å². The molecule has 0 aliphatic carbocycles. The van der Waals surface area contributed by atoms with Crippen molar-refractivity contribution >= 4 is 22.6 Å². The van der Waals surface area contributed by atoms with Crippen LogP contribution in [0.1, 0.15) is 27.2 Å². The Morgan fingerprint density at radius 1 is 1.24 bits per heavy atom. The lowest BCUT2D eigenvalue weighted by atomic mass is 9.99. The number of aromatic nitrogens is 3. The van der Waals surface area contributed by atoms with Crippen LogP contribution in [0.5, 0.6) is 0 Å². The van der Waals surface area contributed by atoms with E-state index in [1.807, 2.05) is 0 Å². The van der Waals surface area contributed by atoms with Gasteiger partial charge in [-0.25, -0.2) is 14.2 Å². The molecule has 3 aromatic rings. The van der Waals surface area contributed by atoms with Crippen molar-refractivity contribution in [2.24, 2.45) is 14.1 Å². The molecule has 9 heteroatoms. The average Bonchev–Trinajstić information content (AvgIpc) is 2.72. The molecule has 1 amide bonds. The number of hydrogen-bond acceptors (Lipinski definition) is 5. The van der Waals surface area contributed by atoms with Gasteiger partial charge in [0.2, 0.25) is 0 Å². The first-order valence-electron chi connectivity index (χ1n) is 9.19. The second-order valence-electron chi connectivity index (χ2n) is 7.17. The number of aryl methyl sites for hydroxylation is 2. The Bertz CT molecular complexity index is 1290. The summed E-state index contributed by atoms with van der Waals surface area (Å²) >= 11 is 0. The average molecular weight is 397 g/mol. The van der Waals surface area contributed by atoms with Crippen molar-refractivity contribution in [3.05, 3.63) is 67.2 Å². The van der Waals surface area contributed by atoms with E-state index in [4.69, 9.17) is 0 Å². The molecule has 0 saturated carbocycles. The topological polar surface area (TPSA) is 98.0 Å². The lowest BCUT2D eigenvalue weighted by Crippen LogP contribution is -2.38. The van der Waals surface area contributed by atoms with Gasteiger partial charge in [0.15, 0.2) is 0 Å². The third-order valence-corrected chi connectivity index (χ3v) is 5.30. The molecular weight excluding hydrogens is 377 g/mol. The highest BCUT2D eigenvalue weighted by Gasteiger charge is 2.20. The van der Waals surface area contributed by atoms with Crippen LogP contribution in [-0.2, 0) is 27.1 Å². The lowest BCUT2D eigenvalue weighted by Gasteiger charge is -2.19. The van der Waals surface area contributed by atoms with E-state index in [0.29, 0.717) is 30.6 Å². The summed E-state index contributed by atoms with van der Waals surface area (Å²) < 4.78 is 17.0. The number of halogens is 1. The number of amides is 1. The third kappa shape index (κ3) is 3.03. The van der Waals surface area contributed by atoms with Crippen LogP contribution in [0.15, 0.2) is 27.8 Å². The second-order valence-corrected chi connectivity index (χ2v) is 7.17. The van der Waals surface area contributed by atoms with Crippen LogP contribution in [0.4, 0.5) is 10.1 Å². The van der Waals surface area contributed by atoms with Gasteiger partial charge in [-0.15, -0.1) is 0 Å². The minimum Gasteiger partial charge on any atom is -0.318 e. The Balaban J connectivity index is 1.77.